The third-order valence-electron chi connectivity index (χ3n) is 1.76. The van der Waals surface area contributed by atoms with Crippen molar-refractivity contribution in [2.75, 3.05) is 6.61 Å². The number of amides is 1. The number of furan rings is 1. The van der Waals surface area contributed by atoms with Crippen molar-refractivity contribution >= 4 is 5.91 Å². The van der Waals surface area contributed by atoms with Crippen LogP contribution < -0.4 is 11.3 Å². The molecule has 0 aliphatic heterocycles. The van der Waals surface area contributed by atoms with Crippen LogP contribution in [-0.2, 0) is 11.3 Å². The first-order valence-corrected chi connectivity index (χ1v) is 4.55. The zero-order valence-corrected chi connectivity index (χ0v) is 8.36. The van der Waals surface area contributed by atoms with Crippen LogP contribution in [0.5, 0.6) is 0 Å². The Labute approximate surface area is 87.9 Å². The highest BCUT2D eigenvalue weighted by molar-refractivity contribution is 5.93. The summed E-state index contributed by atoms with van der Waals surface area (Å²) in [5.41, 5.74) is 2.41. The van der Waals surface area contributed by atoms with Crippen molar-refractivity contribution in [3.05, 3.63) is 36.3 Å². The average Bonchev–Trinajstić information content (AvgIpc) is 2.72. The van der Waals surface area contributed by atoms with Gasteiger partial charge in [0.05, 0.1) is 12.2 Å². The summed E-state index contributed by atoms with van der Waals surface area (Å²) in [5, 5.41) is 0. The lowest BCUT2D eigenvalue weighted by Gasteiger charge is -1.97. The Morgan fingerprint density at radius 1 is 1.73 bits per heavy atom. The molecule has 0 aliphatic carbocycles. The normalized spacial score (nSPS) is 9.93. The number of ether oxygens (including phenoxy) is 1. The molecule has 0 radical (unpaired) electrons. The van der Waals surface area contributed by atoms with E-state index in [0.717, 1.165) is 6.42 Å². The number of rotatable bonds is 6. The monoisotopic (exact) mass is 210 g/mol. The number of nitrogen functional groups attached to an aromatic ring is 1. The molecule has 0 bridgehead atoms. The Bertz CT molecular complexity index is 333. The summed E-state index contributed by atoms with van der Waals surface area (Å²) in [5.74, 6) is 5.19. The van der Waals surface area contributed by atoms with Gasteiger partial charge in [0.15, 0.2) is 0 Å². The molecule has 0 saturated heterocycles. The highest BCUT2D eigenvalue weighted by Gasteiger charge is 2.08. The van der Waals surface area contributed by atoms with Gasteiger partial charge in [0.25, 0.3) is 5.91 Å². The molecule has 0 unspecified atom stereocenters. The fourth-order valence-electron chi connectivity index (χ4n) is 0.998. The van der Waals surface area contributed by atoms with Crippen LogP contribution in [0.15, 0.2) is 29.4 Å². The molecule has 5 heteroatoms. The second-order valence-corrected chi connectivity index (χ2v) is 2.91. The highest BCUT2D eigenvalue weighted by Crippen LogP contribution is 2.08. The van der Waals surface area contributed by atoms with E-state index in [-0.39, 0.29) is 5.91 Å². The summed E-state index contributed by atoms with van der Waals surface area (Å²) in [6.07, 6.45) is 3.90. The summed E-state index contributed by atoms with van der Waals surface area (Å²) >= 11 is 0. The summed E-state index contributed by atoms with van der Waals surface area (Å²) in [4.78, 5) is 11.1. The van der Waals surface area contributed by atoms with Gasteiger partial charge >= 0.3 is 0 Å². The molecule has 1 heterocycles. The van der Waals surface area contributed by atoms with E-state index in [1.807, 2.05) is 5.43 Å². The second kappa shape index (κ2) is 6.00. The van der Waals surface area contributed by atoms with E-state index in [2.05, 4.69) is 6.58 Å². The van der Waals surface area contributed by atoms with Gasteiger partial charge in [-0.1, -0.05) is 6.08 Å². The quantitative estimate of drug-likeness (QED) is 0.241. The first-order valence-electron chi connectivity index (χ1n) is 4.55. The minimum absolute atomic E-state index is 0.339. The number of hydrogen-bond donors (Lipinski definition) is 2. The maximum atomic E-state index is 11.1. The summed E-state index contributed by atoms with van der Waals surface area (Å²) in [6, 6.07) is 1.59. The summed E-state index contributed by atoms with van der Waals surface area (Å²) in [6.45, 7) is 4.50. The second-order valence-electron chi connectivity index (χ2n) is 2.91. The molecule has 0 atom stereocenters. The summed E-state index contributed by atoms with van der Waals surface area (Å²) < 4.78 is 10.4. The molecule has 1 aromatic rings. The number of nitrogens with two attached hydrogens (primary N) is 1. The van der Waals surface area contributed by atoms with Crippen LogP contribution in [0.1, 0.15) is 22.5 Å². The largest absolute Gasteiger partial charge is 0.466 e. The van der Waals surface area contributed by atoms with Crippen molar-refractivity contribution in [1.29, 1.82) is 0 Å². The van der Waals surface area contributed by atoms with Gasteiger partial charge in [-0.15, -0.1) is 6.58 Å². The molecule has 1 rings (SSSR count). The standard InChI is InChI=1S/C10H14N2O3/c1-2-3-4-14-7-9-5-8(6-15-9)10(13)12-11/h2,5-6H,1,3-4,7,11H2,(H,12,13). The number of nitrogens with one attached hydrogen (secondary N) is 1. The fourth-order valence-corrected chi connectivity index (χ4v) is 0.998. The summed E-state index contributed by atoms with van der Waals surface area (Å²) in [7, 11) is 0. The van der Waals surface area contributed by atoms with Crippen LogP contribution >= 0.6 is 0 Å². The molecular formula is C10H14N2O3. The van der Waals surface area contributed by atoms with Gasteiger partial charge in [0, 0.05) is 0 Å². The van der Waals surface area contributed by atoms with Gasteiger partial charge in [-0.05, 0) is 12.5 Å². The van der Waals surface area contributed by atoms with E-state index in [1.54, 1.807) is 12.1 Å². The lowest BCUT2D eigenvalue weighted by atomic mass is 10.3. The van der Waals surface area contributed by atoms with Gasteiger partial charge < -0.3 is 9.15 Å². The number of hydrazine groups is 1. The van der Waals surface area contributed by atoms with Crippen LogP contribution in [0.2, 0.25) is 0 Å². The predicted octanol–water partition coefficient (Wildman–Crippen LogP) is 0.976. The minimum atomic E-state index is -0.379. The molecule has 0 aromatic carbocycles. The molecule has 1 amide bonds. The van der Waals surface area contributed by atoms with E-state index >= 15 is 0 Å². The van der Waals surface area contributed by atoms with Gasteiger partial charge in [-0.25, -0.2) is 5.84 Å². The average molecular weight is 210 g/mol. The minimum Gasteiger partial charge on any atom is -0.466 e. The Kier molecular flexibility index (Phi) is 4.59. The molecule has 0 fully saturated rings. The Morgan fingerprint density at radius 2 is 2.53 bits per heavy atom. The molecule has 15 heavy (non-hydrogen) atoms. The molecule has 5 nitrogen and oxygen atoms in total. The topological polar surface area (TPSA) is 77.5 Å². The fraction of sp³-hybridized carbons (Fsp3) is 0.300. The van der Waals surface area contributed by atoms with Crippen molar-refractivity contribution < 1.29 is 13.9 Å². The van der Waals surface area contributed by atoms with Gasteiger partial charge in [-0.2, -0.15) is 0 Å². The number of hydrogen-bond acceptors (Lipinski definition) is 4. The van der Waals surface area contributed by atoms with Crippen LogP contribution in [0, 0.1) is 0 Å². The van der Waals surface area contributed by atoms with Crippen molar-refractivity contribution in [3.8, 4) is 0 Å². The zero-order valence-electron chi connectivity index (χ0n) is 8.36. The Balaban J connectivity index is 2.39. The number of carbonyl (C=O) groups is 1. The van der Waals surface area contributed by atoms with E-state index in [0.29, 0.717) is 24.5 Å². The van der Waals surface area contributed by atoms with E-state index < -0.39 is 0 Å². The van der Waals surface area contributed by atoms with Gasteiger partial charge in [0.1, 0.15) is 18.6 Å². The van der Waals surface area contributed by atoms with Crippen LogP contribution in [-0.4, -0.2) is 12.5 Å². The third kappa shape index (κ3) is 3.57. The smallest absolute Gasteiger partial charge is 0.268 e. The maximum Gasteiger partial charge on any atom is 0.268 e. The molecule has 82 valence electrons. The van der Waals surface area contributed by atoms with Crippen molar-refractivity contribution in [2.24, 2.45) is 5.84 Å². The lowest BCUT2D eigenvalue weighted by molar-refractivity contribution is 0.0953. The van der Waals surface area contributed by atoms with Crippen LogP contribution in [0.25, 0.3) is 0 Å². The maximum absolute atomic E-state index is 11.1. The van der Waals surface area contributed by atoms with Gasteiger partial charge in [-0.3, -0.25) is 10.2 Å². The molecule has 1 aromatic heterocycles. The molecular weight excluding hydrogens is 196 g/mol. The highest BCUT2D eigenvalue weighted by atomic mass is 16.5. The molecule has 0 aliphatic rings. The first kappa shape index (κ1) is 11.5. The number of carbonyl (C=O) groups excluding carboxylic acids is 1. The third-order valence-corrected chi connectivity index (χ3v) is 1.76. The van der Waals surface area contributed by atoms with E-state index in [9.17, 15) is 4.79 Å². The zero-order chi connectivity index (χ0) is 11.1. The lowest BCUT2D eigenvalue weighted by Crippen LogP contribution is -2.29. The predicted molar refractivity (Wildman–Crippen MR) is 54.8 cm³/mol. The van der Waals surface area contributed by atoms with Crippen LogP contribution in [0.3, 0.4) is 0 Å². The first-order chi connectivity index (χ1) is 7.27. The Morgan fingerprint density at radius 3 is 3.20 bits per heavy atom. The molecule has 0 saturated carbocycles. The van der Waals surface area contributed by atoms with Crippen molar-refractivity contribution in [3.63, 3.8) is 0 Å². The SMILES string of the molecule is C=CCCOCc1cc(C(=O)NN)co1. The van der Waals surface area contributed by atoms with Crippen LogP contribution in [0.4, 0.5) is 0 Å². The van der Waals surface area contributed by atoms with E-state index in [4.69, 9.17) is 15.0 Å². The van der Waals surface area contributed by atoms with Crippen molar-refractivity contribution in [1.82, 2.24) is 5.43 Å². The Hall–Kier alpha value is -1.59. The molecule has 0 spiro atoms. The van der Waals surface area contributed by atoms with E-state index in [1.165, 1.54) is 6.26 Å². The van der Waals surface area contributed by atoms with Gasteiger partial charge in [0.2, 0.25) is 0 Å². The molecule has 3 N–H and O–H groups in total. The van der Waals surface area contributed by atoms with Crippen molar-refractivity contribution in [2.45, 2.75) is 13.0 Å².